The highest BCUT2D eigenvalue weighted by Gasteiger charge is 2.19. The van der Waals surface area contributed by atoms with Crippen molar-refractivity contribution in [2.24, 2.45) is 0 Å². The molecule has 3 nitrogen and oxygen atoms in total. The summed E-state index contributed by atoms with van der Waals surface area (Å²) in [6.45, 7) is 0.617. The van der Waals surface area contributed by atoms with Crippen molar-refractivity contribution in [1.29, 1.82) is 0 Å². The molecule has 1 aliphatic rings. The van der Waals surface area contributed by atoms with Gasteiger partial charge in [0.15, 0.2) is 0 Å². The molecule has 0 spiro atoms. The van der Waals surface area contributed by atoms with Crippen LogP contribution < -0.4 is 5.32 Å². The first-order chi connectivity index (χ1) is 10.7. The lowest BCUT2D eigenvalue weighted by Gasteiger charge is -2.01. The summed E-state index contributed by atoms with van der Waals surface area (Å²) < 4.78 is 0. The fraction of sp³-hybridized carbons (Fsp3) is 0.0588. The van der Waals surface area contributed by atoms with Crippen molar-refractivity contribution in [3.8, 4) is 20.9 Å². The monoisotopic (exact) mass is 324 g/mol. The third-order valence-electron chi connectivity index (χ3n) is 3.69. The van der Waals surface area contributed by atoms with E-state index in [0.29, 0.717) is 6.54 Å². The maximum absolute atomic E-state index is 11.6. The average Bonchev–Trinajstić information content (AvgIpc) is 3.15. The molecule has 0 fully saturated rings. The highest BCUT2D eigenvalue weighted by Crippen LogP contribution is 2.35. The minimum absolute atomic E-state index is 0.0186. The van der Waals surface area contributed by atoms with Crippen molar-refractivity contribution in [3.63, 3.8) is 0 Å². The lowest BCUT2D eigenvalue weighted by Crippen LogP contribution is -2.12. The number of fused-ring (bicyclic) bond motifs is 1. The van der Waals surface area contributed by atoms with Crippen LogP contribution in [-0.4, -0.2) is 10.9 Å². The van der Waals surface area contributed by atoms with Gasteiger partial charge in [0.25, 0.3) is 5.91 Å². The molecule has 5 heteroatoms. The molecule has 1 N–H and O–H groups in total. The Labute approximate surface area is 137 Å². The Morgan fingerprint density at radius 2 is 1.86 bits per heavy atom. The van der Waals surface area contributed by atoms with Gasteiger partial charge in [0.2, 0.25) is 0 Å². The summed E-state index contributed by atoms with van der Waals surface area (Å²) in [5.41, 5.74) is 4.06. The molecule has 2 aromatic heterocycles. The minimum Gasteiger partial charge on any atom is -0.348 e. The largest absolute Gasteiger partial charge is 0.348 e. The number of carbonyl (C=O) groups is 1. The van der Waals surface area contributed by atoms with Crippen molar-refractivity contribution < 1.29 is 4.79 Å². The number of thiol groups is 1. The van der Waals surface area contributed by atoms with E-state index in [1.807, 2.05) is 24.4 Å². The van der Waals surface area contributed by atoms with Crippen LogP contribution in [0.1, 0.15) is 15.9 Å². The zero-order valence-electron chi connectivity index (χ0n) is 11.5. The second-order valence-electron chi connectivity index (χ2n) is 5.15. The molecule has 3 aromatic rings. The Morgan fingerprint density at radius 3 is 2.68 bits per heavy atom. The maximum Gasteiger partial charge on any atom is 0.251 e. The van der Waals surface area contributed by atoms with Gasteiger partial charge in [0.05, 0.1) is 0 Å². The van der Waals surface area contributed by atoms with Crippen LogP contribution in [0.25, 0.3) is 20.9 Å². The van der Waals surface area contributed by atoms with Crippen LogP contribution in [0.15, 0.2) is 53.7 Å². The molecule has 1 aromatic carbocycles. The van der Waals surface area contributed by atoms with E-state index in [0.717, 1.165) is 32.0 Å². The summed E-state index contributed by atoms with van der Waals surface area (Å²) in [7, 11) is 0. The molecular formula is C17H12N2OS2. The van der Waals surface area contributed by atoms with Crippen LogP contribution in [0.3, 0.4) is 0 Å². The standard InChI is InChI=1S/C17H12N2OS2/c20-17-14-2-1-10(5-11(14)8-19-17)15-3-4-16(22-15)12-6-13(21)9-18-7-12/h1-7,9,21H,8H2,(H,19,20). The second-order valence-corrected chi connectivity index (χ2v) is 6.75. The summed E-state index contributed by atoms with van der Waals surface area (Å²) in [6.07, 6.45) is 3.58. The molecule has 0 aliphatic carbocycles. The van der Waals surface area contributed by atoms with E-state index in [4.69, 9.17) is 0 Å². The van der Waals surface area contributed by atoms with Crippen molar-refractivity contribution in [2.45, 2.75) is 11.4 Å². The lowest BCUT2D eigenvalue weighted by molar-refractivity contribution is 0.0966. The molecule has 0 saturated carbocycles. The van der Waals surface area contributed by atoms with Crippen molar-refractivity contribution >= 4 is 29.9 Å². The molecule has 1 aliphatic heterocycles. The van der Waals surface area contributed by atoms with Crippen LogP contribution in [0.4, 0.5) is 0 Å². The van der Waals surface area contributed by atoms with E-state index >= 15 is 0 Å². The summed E-state index contributed by atoms with van der Waals surface area (Å²) in [5.74, 6) is 0.0186. The van der Waals surface area contributed by atoms with Gasteiger partial charge in [-0.15, -0.1) is 24.0 Å². The van der Waals surface area contributed by atoms with Crippen LogP contribution in [0, 0.1) is 0 Å². The summed E-state index contributed by atoms with van der Waals surface area (Å²) in [5, 5.41) is 2.85. The van der Waals surface area contributed by atoms with Gasteiger partial charge >= 0.3 is 0 Å². The first kappa shape index (κ1) is 13.5. The number of amides is 1. The molecule has 0 bridgehead atoms. The number of aromatic nitrogens is 1. The zero-order valence-corrected chi connectivity index (χ0v) is 13.2. The van der Waals surface area contributed by atoms with Gasteiger partial charge in [0.1, 0.15) is 0 Å². The smallest absolute Gasteiger partial charge is 0.251 e. The van der Waals surface area contributed by atoms with E-state index in [2.05, 4.69) is 41.1 Å². The normalized spacial score (nSPS) is 13.0. The molecule has 0 saturated heterocycles. The number of hydrogen-bond acceptors (Lipinski definition) is 4. The first-order valence-corrected chi connectivity index (χ1v) is 8.13. The number of rotatable bonds is 2. The van der Waals surface area contributed by atoms with Crippen LogP contribution in [-0.2, 0) is 6.54 Å². The predicted octanol–water partition coefficient (Wildman–Crippen LogP) is 4.01. The number of nitrogens with one attached hydrogen (secondary N) is 1. The SMILES string of the molecule is O=C1NCc2cc(-c3ccc(-c4cncc(S)c4)s3)ccc21. The molecule has 108 valence electrons. The summed E-state index contributed by atoms with van der Waals surface area (Å²) in [4.78, 5) is 19.0. The predicted molar refractivity (Wildman–Crippen MR) is 91.4 cm³/mol. The van der Waals surface area contributed by atoms with Gasteiger partial charge in [-0.25, -0.2) is 0 Å². The highest BCUT2D eigenvalue weighted by atomic mass is 32.1. The van der Waals surface area contributed by atoms with Crippen LogP contribution in [0.2, 0.25) is 0 Å². The third kappa shape index (κ3) is 2.32. The van der Waals surface area contributed by atoms with Gasteiger partial charge in [-0.05, 0) is 41.5 Å². The van der Waals surface area contributed by atoms with Crippen molar-refractivity contribution in [3.05, 3.63) is 59.9 Å². The number of pyridine rings is 1. The fourth-order valence-corrected chi connectivity index (χ4v) is 3.79. The molecular weight excluding hydrogens is 312 g/mol. The average molecular weight is 324 g/mol. The Hall–Kier alpha value is -2.11. The van der Waals surface area contributed by atoms with E-state index in [-0.39, 0.29) is 5.91 Å². The molecule has 22 heavy (non-hydrogen) atoms. The highest BCUT2D eigenvalue weighted by molar-refractivity contribution is 7.80. The first-order valence-electron chi connectivity index (χ1n) is 6.86. The Morgan fingerprint density at radius 1 is 1.05 bits per heavy atom. The number of carbonyl (C=O) groups excluding carboxylic acids is 1. The van der Waals surface area contributed by atoms with Crippen molar-refractivity contribution in [2.75, 3.05) is 0 Å². The molecule has 4 rings (SSSR count). The second kappa shape index (κ2) is 5.26. The van der Waals surface area contributed by atoms with Crippen LogP contribution in [0.5, 0.6) is 0 Å². The van der Waals surface area contributed by atoms with E-state index < -0.39 is 0 Å². The third-order valence-corrected chi connectivity index (χ3v) is 5.12. The Bertz CT molecular complexity index is 886. The van der Waals surface area contributed by atoms with E-state index in [1.165, 1.54) is 4.88 Å². The van der Waals surface area contributed by atoms with Crippen molar-refractivity contribution in [1.82, 2.24) is 10.3 Å². The fourth-order valence-electron chi connectivity index (χ4n) is 2.60. The van der Waals surface area contributed by atoms with Gasteiger partial charge in [0, 0.05) is 44.7 Å². The Balaban J connectivity index is 1.71. The molecule has 0 atom stereocenters. The number of hydrogen-bond donors (Lipinski definition) is 2. The topological polar surface area (TPSA) is 42.0 Å². The van der Waals surface area contributed by atoms with Crippen LogP contribution >= 0.6 is 24.0 Å². The summed E-state index contributed by atoms with van der Waals surface area (Å²) >= 11 is 6.05. The Kier molecular flexibility index (Phi) is 3.24. The molecule has 3 heterocycles. The summed E-state index contributed by atoms with van der Waals surface area (Å²) in [6, 6.07) is 12.2. The number of nitrogens with zero attached hydrogens (tertiary/aromatic N) is 1. The zero-order chi connectivity index (χ0) is 15.1. The van der Waals surface area contributed by atoms with Gasteiger partial charge < -0.3 is 5.32 Å². The maximum atomic E-state index is 11.6. The van der Waals surface area contributed by atoms with Gasteiger partial charge in [-0.3, -0.25) is 9.78 Å². The number of thiophene rings is 1. The minimum atomic E-state index is 0.0186. The van der Waals surface area contributed by atoms with Gasteiger partial charge in [-0.2, -0.15) is 0 Å². The molecule has 1 amide bonds. The van der Waals surface area contributed by atoms with E-state index in [9.17, 15) is 4.79 Å². The van der Waals surface area contributed by atoms with Gasteiger partial charge in [-0.1, -0.05) is 6.07 Å². The van der Waals surface area contributed by atoms with E-state index in [1.54, 1.807) is 17.5 Å². The number of benzene rings is 1. The molecule has 0 radical (unpaired) electrons. The lowest BCUT2D eigenvalue weighted by atomic mass is 10.1. The quantitative estimate of drug-likeness (QED) is 0.699. The molecule has 0 unspecified atom stereocenters.